The van der Waals surface area contributed by atoms with Crippen molar-refractivity contribution >= 4 is 29.1 Å². The summed E-state index contributed by atoms with van der Waals surface area (Å²) in [4.78, 5) is 25.6. The lowest BCUT2D eigenvalue weighted by molar-refractivity contribution is -0.118. The normalized spacial score (nSPS) is 10.3. The Labute approximate surface area is 152 Å². The third kappa shape index (κ3) is 4.97. The maximum absolute atomic E-state index is 12.1. The maximum atomic E-state index is 12.1. The first-order valence-electron chi connectivity index (χ1n) is 7.79. The predicted octanol–water partition coefficient (Wildman–Crippen LogP) is 3.68. The lowest BCUT2D eigenvalue weighted by atomic mass is 10.1. The highest BCUT2D eigenvalue weighted by atomic mass is 35.5. The lowest BCUT2D eigenvalue weighted by Crippen LogP contribution is -2.23. The van der Waals surface area contributed by atoms with Crippen LogP contribution in [0.15, 0.2) is 36.4 Å². The van der Waals surface area contributed by atoms with E-state index in [9.17, 15) is 9.59 Å². The molecule has 25 heavy (non-hydrogen) atoms. The molecule has 0 unspecified atom stereocenters. The van der Waals surface area contributed by atoms with Crippen molar-refractivity contribution < 1.29 is 14.3 Å². The van der Waals surface area contributed by atoms with E-state index in [1.807, 2.05) is 32.0 Å². The Kier molecular flexibility index (Phi) is 6.04. The molecule has 0 saturated heterocycles. The van der Waals surface area contributed by atoms with Crippen LogP contribution in [-0.2, 0) is 4.79 Å². The van der Waals surface area contributed by atoms with Gasteiger partial charge in [0.1, 0.15) is 5.75 Å². The van der Waals surface area contributed by atoms with Gasteiger partial charge in [-0.15, -0.1) is 0 Å². The number of nitrogens with one attached hydrogen (secondary N) is 1. The standard InChI is InChI=1S/C19H21ClN2O3/c1-12-5-8-17(13(2)9-12)25-11-18(23)21-14-6-7-16(20)15(10-14)19(24)22(3)4/h5-10H,11H2,1-4H3,(H,21,23). The van der Waals surface area contributed by atoms with Gasteiger partial charge in [0.05, 0.1) is 10.6 Å². The van der Waals surface area contributed by atoms with Crippen LogP contribution in [0, 0.1) is 13.8 Å². The van der Waals surface area contributed by atoms with Crippen molar-refractivity contribution in [3.8, 4) is 5.75 Å². The summed E-state index contributed by atoms with van der Waals surface area (Å²) in [6.07, 6.45) is 0. The number of ether oxygens (including phenoxy) is 1. The molecule has 0 bridgehead atoms. The second-order valence-electron chi connectivity index (χ2n) is 6.00. The quantitative estimate of drug-likeness (QED) is 0.884. The molecule has 2 rings (SSSR count). The average Bonchev–Trinajstić information content (AvgIpc) is 2.55. The van der Waals surface area contributed by atoms with E-state index in [0.717, 1.165) is 11.1 Å². The van der Waals surface area contributed by atoms with E-state index in [4.69, 9.17) is 16.3 Å². The summed E-state index contributed by atoms with van der Waals surface area (Å²) in [5.74, 6) is 0.124. The van der Waals surface area contributed by atoms with Crippen LogP contribution in [-0.4, -0.2) is 37.4 Å². The first kappa shape index (κ1) is 18.8. The molecule has 2 amide bonds. The molecule has 1 N–H and O–H groups in total. The molecule has 0 saturated carbocycles. The number of rotatable bonds is 5. The highest BCUT2D eigenvalue weighted by molar-refractivity contribution is 6.34. The number of aryl methyl sites for hydroxylation is 2. The Bertz CT molecular complexity index is 803. The summed E-state index contributed by atoms with van der Waals surface area (Å²) >= 11 is 6.06. The highest BCUT2D eigenvalue weighted by Gasteiger charge is 2.14. The van der Waals surface area contributed by atoms with Crippen molar-refractivity contribution in [1.82, 2.24) is 4.90 Å². The zero-order valence-electron chi connectivity index (χ0n) is 14.7. The molecule has 5 nitrogen and oxygen atoms in total. The smallest absolute Gasteiger partial charge is 0.262 e. The van der Waals surface area contributed by atoms with Gasteiger partial charge >= 0.3 is 0 Å². The zero-order valence-corrected chi connectivity index (χ0v) is 15.5. The number of nitrogens with zero attached hydrogens (tertiary/aromatic N) is 1. The fraction of sp³-hybridized carbons (Fsp3) is 0.263. The van der Waals surface area contributed by atoms with E-state index in [2.05, 4.69) is 5.32 Å². The third-order valence-electron chi connectivity index (χ3n) is 3.58. The fourth-order valence-corrected chi connectivity index (χ4v) is 2.51. The molecule has 0 atom stereocenters. The highest BCUT2D eigenvalue weighted by Crippen LogP contribution is 2.22. The van der Waals surface area contributed by atoms with Gasteiger partial charge in [-0.05, 0) is 43.7 Å². The Hall–Kier alpha value is -2.53. The summed E-state index contributed by atoms with van der Waals surface area (Å²) in [6, 6.07) is 10.5. The van der Waals surface area contributed by atoms with Gasteiger partial charge in [-0.3, -0.25) is 9.59 Å². The van der Waals surface area contributed by atoms with Crippen LogP contribution in [0.2, 0.25) is 5.02 Å². The van der Waals surface area contributed by atoms with E-state index < -0.39 is 0 Å². The Balaban J connectivity index is 2.03. The van der Waals surface area contributed by atoms with Crippen LogP contribution in [0.25, 0.3) is 0 Å². The SMILES string of the molecule is Cc1ccc(OCC(=O)Nc2ccc(Cl)c(C(=O)N(C)C)c2)c(C)c1. The minimum absolute atomic E-state index is 0.122. The minimum Gasteiger partial charge on any atom is -0.483 e. The van der Waals surface area contributed by atoms with Crippen molar-refractivity contribution in [2.75, 3.05) is 26.0 Å². The van der Waals surface area contributed by atoms with Crippen molar-refractivity contribution in [3.05, 3.63) is 58.1 Å². The third-order valence-corrected chi connectivity index (χ3v) is 3.91. The van der Waals surface area contributed by atoms with Gasteiger partial charge < -0.3 is 15.0 Å². The molecular formula is C19H21ClN2O3. The minimum atomic E-state index is -0.314. The van der Waals surface area contributed by atoms with E-state index in [1.54, 1.807) is 32.3 Å². The molecule has 0 aliphatic heterocycles. The van der Waals surface area contributed by atoms with Crippen LogP contribution in [0.3, 0.4) is 0 Å². The number of anilines is 1. The summed E-state index contributed by atoms with van der Waals surface area (Å²) in [7, 11) is 3.28. The van der Waals surface area contributed by atoms with Gasteiger partial charge in [-0.1, -0.05) is 29.3 Å². The number of carbonyl (C=O) groups is 2. The first-order valence-corrected chi connectivity index (χ1v) is 8.17. The monoisotopic (exact) mass is 360 g/mol. The van der Waals surface area contributed by atoms with Gasteiger partial charge in [0.15, 0.2) is 6.61 Å². The van der Waals surface area contributed by atoms with Gasteiger partial charge in [0.25, 0.3) is 11.8 Å². The van der Waals surface area contributed by atoms with Gasteiger partial charge in [0.2, 0.25) is 0 Å². The topological polar surface area (TPSA) is 58.6 Å². The van der Waals surface area contributed by atoms with Crippen LogP contribution < -0.4 is 10.1 Å². The predicted molar refractivity (Wildman–Crippen MR) is 99.5 cm³/mol. The number of halogens is 1. The van der Waals surface area contributed by atoms with E-state index >= 15 is 0 Å². The van der Waals surface area contributed by atoms with E-state index in [0.29, 0.717) is 22.0 Å². The molecule has 6 heteroatoms. The van der Waals surface area contributed by atoms with E-state index in [-0.39, 0.29) is 18.4 Å². The molecule has 0 aliphatic rings. The Morgan fingerprint density at radius 2 is 1.84 bits per heavy atom. The molecule has 0 aromatic heterocycles. The van der Waals surface area contributed by atoms with Crippen LogP contribution in [0.1, 0.15) is 21.5 Å². The van der Waals surface area contributed by atoms with Crippen molar-refractivity contribution in [3.63, 3.8) is 0 Å². The number of hydrogen-bond donors (Lipinski definition) is 1. The molecule has 132 valence electrons. The first-order chi connectivity index (χ1) is 11.8. The Morgan fingerprint density at radius 1 is 1.12 bits per heavy atom. The Morgan fingerprint density at radius 3 is 2.48 bits per heavy atom. The van der Waals surface area contributed by atoms with Crippen LogP contribution in [0.4, 0.5) is 5.69 Å². The van der Waals surface area contributed by atoms with Gasteiger partial charge in [-0.2, -0.15) is 0 Å². The van der Waals surface area contributed by atoms with Gasteiger partial charge in [-0.25, -0.2) is 0 Å². The number of benzene rings is 2. The second kappa shape index (κ2) is 8.03. The van der Waals surface area contributed by atoms with Crippen molar-refractivity contribution in [2.45, 2.75) is 13.8 Å². The largest absolute Gasteiger partial charge is 0.483 e. The summed E-state index contributed by atoms with van der Waals surface area (Å²) in [6.45, 7) is 3.80. The molecular weight excluding hydrogens is 340 g/mol. The molecule has 2 aromatic carbocycles. The van der Waals surface area contributed by atoms with Crippen LogP contribution in [0.5, 0.6) is 5.75 Å². The fourth-order valence-electron chi connectivity index (χ4n) is 2.31. The molecule has 0 aliphatic carbocycles. The van der Waals surface area contributed by atoms with Crippen molar-refractivity contribution in [2.24, 2.45) is 0 Å². The second-order valence-corrected chi connectivity index (χ2v) is 6.41. The maximum Gasteiger partial charge on any atom is 0.262 e. The summed E-state index contributed by atoms with van der Waals surface area (Å²) < 4.78 is 5.55. The average molecular weight is 361 g/mol. The molecule has 0 radical (unpaired) electrons. The van der Waals surface area contributed by atoms with E-state index in [1.165, 1.54) is 4.90 Å². The summed E-state index contributed by atoms with van der Waals surface area (Å²) in [5, 5.41) is 3.05. The van der Waals surface area contributed by atoms with Gasteiger partial charge in [0, 0.05) is 19.8 Å². The zero-order chi connectivity index (χ0) is 18.6. The number of amides is 2. The molecule has 2 aromatic rings. The molecule has 0 fully saturated rings. The summed E-state index contributed by atoms with van der Waals surface area (Å²) in [5.41, 5.74) is 2.93. The number of hydrogen-bond acceptors (Lipinski definition) is 3. The van der Waals surface area contributed by atoms with Crippen LogP contribution >= 0.6 is 11.6 Å². The number of carbonyl (C=O) groups excluding carboxylic acids is 2. The lowest BCUT2D eigenvalue weighted by Gasteiger charge is -2.14. The van der Waals surface area contributed by atoms with Crippen molar-refractivity contribution in [1.29, 1.82) is 0 Å². The molecule has 0 spiro atoms. The molecule has 0 heterocycles.